The third-order valence-electron chi connectivity index (χ3n) is 2.47. The number of rotatable bonds is 2. The maximum absolute atomic E-state index is 10.0. The molecule has 1 heterocycles. The molecule has 0 fully saturated rings. The average molecular weight is 243 g/mol. The highest BCUT2D eigenvalue weighted by Gasteiger charge is 2.06. The molecule has 0 saturated carbocycles. The summed E-state index contributed by atoms with van der Waals surface area (Å²) in [6.45, 7) is 8.10. The van der Waals surface area contributed by atoms with Gasteiger partial charge in [0.2, 0.25) is 0 Å². The van der Waals surface area contributed by atoms with Gasteiger partial charge in [-0.15, -0.1) is 0 Å². The highest BCUT2D eigenvalue weighted by molar-refractivity contribution is 6.12. The van der Waals surface area contributed by atoms with Gasteiger partial charge >= 0.3 is 0 Å². The van der Waals surface area contributed by atoms with E-state index in [0.29, 0.717) is 5.92 Å². The predicted molar refractivity (Wildman–Crippen MR) is 72.9 cm³/mol. The molecule has 3 heteroatoms. The molecular weight excluding hydrogens is 226 g/mol. The Balaban J connectivity index is 0.000000199. The molecule has 0 radical (unpaired) electrons. The van der Waals surface area contributed by atoms with Crippen LogP contribution in [0.15, 0.2) is 43.0 Å². The standard InChI is InChI=1S/C11H14.C4H3NO2/c1-4-10-5-7-11(8-6-10)9(2)3;6-3-1-2-4(7)5-3/h4-9H,1H2,2-3H3;1-2H,(H,5,6,7). The van der Waals surface area contributed by atoms with Gasteiger partial charge in [-0.1, -0.05) is 50.8 Å². The van der Waals surface area contributed by atoms with Crippen molar-refractivity contribution in [2.75, 3.05) is 0 Å². The van der Waals surface area contributed by atoms with Gasteiger partial charge in [0.05, 0.1) is 0 Å². The zero-order valence-corrected chi connectivity index (χ0v) is 10.6. The Labute approximate surface area is 107 Å². The fourth-order valence-corrected chi connectivity index (χ4v) is 1.37. The summed E-state index contributed by atoms with van der Waals surface area (Å²) in [7, 11) is 0. The van der Waals surface area contributed by atoms with E-state index in [0.717, 1.165) is 0 Å². The minimum absolute atomic E-state index is 0.329. The first-order chi connectivity index (χ1) is 8.52. The third kappa shape index (κ3) is 4.37. The summed E-state index contributed by atoms with van der Waals surface area (Å²) in [4.78, 5) is 20.1. The van der Waals surface area contributed by atoms with Crippen LogP contribution in [0.3, 0.4) is 0 Å². The molecule has 1 N–H and O–H groups in total. The number of nitrogens with one attached hydrogen (secondary N) is 1. The van der Waals surface area contributed by atoms with Crippen LogP contribution < -0.4 is 5.32 Å². The summed E-state index contributed by atoms with van der Waals surface area (Å²) < 4.78 is 0. The van der Waals surface area contributed by atoms with Crippen molar-refractivity contribution in [3.05, 3.63) is 54.1 Å². The van der Waals surface area contributed by atoms with Crippen LogP contribution in [0.2, 0.25) is 0 Å². The minimum atomic E-state index is -0.329. The van der Waals surface area contributed by atoms with Gasteiger partial charge in [-0.25, -0.2) is 0 Å². The number of carbonyl (C=O) groups is 2. The van der Waals surface area contributed by atoms with Crippen LogP contribution in [-0.2, 0) is 9.59 Å². The fraction of sp³-hybridized carbons (Fsp3) is 0.200. The van der Waals surface area contributed by atoms with E-state index < -0.39 is 0 Å². The lowest BCUT2D eigenvalue weighted by Crippen LogP contribution is -2.19. The van der Waals surface area contributed by atoms with Crippen LogP contribution in [0.1, 0.15) is 30.9 Å². The fourth-order valence-electron chi connectivity index (χ4n) is 1.37. The van der Waals surface area contributed by atoms with Crippen molar-refractivity contribution in [3.8, 4) is 0 Å². The second-order valence-electron chi connectivity index (χ2n) is 4.21. The van der Waals surface area contributed by atoms with E-state index in [2.05, 4.69) is 44.7 Å². The number of hydrogen-bond donors (Lipinski definition) is 1. The Morgan fingerprint density at radius 3 is 1.83 bits per heavy atom. The van der Waals surface area contributed by atoms with Gasteiger partial charge in [0.25, 0.3) is 11.8 Å². The zero-order chi connectivity index (χ0) is 13.5. The summed E-state index contributed by atoms with van der Waals surface area (Å²) in [6.07, 6.45) is 4.26. The Hall–Kier alpha value is -2.16. The number of imide groups is 1. The van der Waals surface area contributed by atoms with Gasteiger partial charge in [0.1, 0.15) is 0 Å². The van der Waals surface area contributed by atoms with Crippen molar-refractivity contribution >= 4 is 17.9 Å². The Bertz CT molecular complexity index is 454. The molecule has 2 rings (SSSR count). The minimum Gasteiger partial charge on any atom is -0.289 e. The van der Waals surface area contributed by atoms with Gasteiger partial charge < -0.3 is 0 Å². The maximum atomic E-state index is 10.0. The van der Waals surface area contributed by atoms with Gasteiger partial charge in [-0.3, -0.25) is 14.9 Å². The van der Waals surface area contributed by atoms with Crippen LogP contribution in [0.25, 0.3) is 6.08 Å². The SMILES string of the molecule is C=Cc1ccc(C(C)C)cc1.O=C1C=CC(=O)N1. The molecule has 0 saturated heterocycles. The summed E-state index contributed by atoms with van der Waals surface area (Å²) in [5.74, 6) is -0.0381. The molecule has 0 unspecified atom stereocenters. The van der Waals surface area contributed by atoms with E-state index in [1.165, 1.54) is 23.3 Å². The lowest BCUT2D eigenvalue weighted by atomic mass is 10.0. The molecule has 0 spiro atoms. The highest BCUT2D eigenvalue weighted by atomic mass is 16.2. The van der Waals surface area contributed by atoms with Crippen molar-refractivity contribution in [2.45, 2.75) is 19.8 Å². The molecule has 94 valence electrons. The summed E-state index contributed by atoms with van der Waals surface area (Å²) in [6, 6.07) is 8.51. The van der Waals surface area contributed by atoms with Crippen LogP contribution >= 0.6 is 0 Å². The second kappa shape index (κ2) is 6.55. The summed E-state index contributed by atoms with van der Waals surface area (Å²) in [5, 5.41) is 2.03. The Morgan fingerprint density at radius 1 is 1.06 bits per heavy atom. The molecular formula is C15H17NO2. The van der Waals surface area contributed by atoms with Crippen molar-refractivity contribution in [1.29, 1.82) is 0 Å². The van der Waals surface area contributed by atoms with Gasteiger partial charge in [-0.05, 0) is 17.0 Å². The molecule has 1 aliphatic heterocycles. The van der Waals surface area contributed by atoms with Crippen LogP contribution in [-0.4, -0.2) is 11.8 Å². The van der Waals surface area contributed by atoms with Crippen LogP contribution in [0.5, 0.6) is 0 Å². The monoisotopic (exact) mass is 243 g/mol. The van der Waals surface area contributed by atoms with Crippen molar-refractivity contribution in [2.24, 2.45) is 0 Å². The smallest absolute Gasteiger partial charge is 0.250 e. The lowest BCUT2D eigenvalue weighted by Gasteiger charge is -2.04. The van der Waals surface area contributed by atoms with Crippen LogP contribution in [0.4, 0.5) is 0 Å². The van der Waals surface area contributed by atoms with E-state index in [9.17, 15) is 9.59 Å². The van der Waals surface area contributed by atoms with Crippen molar-refractivity contribution < 1.29 is 9.59 Å². The first kappa shape index (κ1) is 13.9. The maximum Gasteiger partial charge on any atom is 0.250 e. The van der Waals surface area contributed by atoms with Gasteiger partial charge in [0, 0.05) is 12.2 Å². The first-order valence-corrected chi connectivity index (χ1v) is 5.78. The molecule has 3 nitrogen and oxygen atoms in total. The number of carbonyl (C=O) groups excluding carboxylic acids is 2. The van der Waals surface area contributed by atoms with Crippen molar-refractivity contribution in [1.82, 2.24) is 5.32 Å². The Morgan fingerprint density at radius 2 is 1.56 bits per heavy atom. The first-order valence-electron chi connectivity index (χ1n) is 5.78. The normalized spacial score (nSPS) is 13.1. The molecule has 2 amide bonds. The Kier molecular flexibility index (Phi) is 5.06. The summed E-state index contributed by atoms with van der Waals surface area (Å²) >= 11 is 0. The zero-order valence-electron chi connectivity index (χ0n) is 10.6. The van der Waals surface area contributed by atoms with E-state index in [1.54, 1.807) is 0 Å². The predicted octanol–water partition coefficient (Wildman–Crippen LogP) is 2.65. The number of amides is 2. The third-order valence-corrected chi connectivity index (χ3v) is 2.47. The van der Waals surface area contributed by atoms with E-state index in [-0.39, 0.29) is 11.8 Å². The molecule has 0 atom stereocenters. The number of benzene rings is 1. The van der Waals surface area contributed by atoms with Gasteiger partial charge in [0.15, 0.2) is 0 Å². The lowest BCUT2D eigenvalue weighted by molar-refractivity contribution is -0.123. The molecule has 1 aliphatic rings. The molecule has 18 heavy (non-hydrogen) atoms. The quantitative estimate of drug-likeness (QED) is 0.812. The topological polar surface area (TPSA) is 46.2 Å². The van der Waals surface area contributed by atoms with E-state index in [1.807, 2.05) is 11.4 Å². The molecule has 1 aromatic carbocycles. The molecule has 0 aromatic heterocycles. The highest BCUT2D eigenvalue weighted by Crippen LogP contribution is 2.14. The molecule has 0 bridgehead atoms. The molecule has 0 aliphatic carbocycles. The second-order valence-corrected chi connectivity index (χ2v) is 4.21. The van der Waals surface area contributed by atoms with E-state index >= 15 is 0 Å². The van der Waals surface area contributed by atoms with E-state index in [4.69, 9.17) is 0 Å². The molecule has 1 aromatic rings. The van der Waals surface area contributed by atoms with Gasteiger partial charge in [-0.2, -0.15) is 0 Å². The average Bonchev–Trinajstić information content (AvgIpc) is 2.74. The summed E-state index contributed by atoms with van der Waals surface area (Å²) in [5.41, 5.74) is 2.57. The largest absolute Gasteiger partial charge is 0.289 e. The van der Waals surface area contributed by atoms with Crippen LogP contribution in [0, 0.1) is 0 Å². The van der Waals surface area contributed by atoms with Crippen molar-refractivity contribution in [3.63, 3.8) is 0 Å². The number of hydrogen-bond acceptors (Lipinski definition) is 2.